The van der Waals surface area contributed by atoms with Gasteiger partial charge in [-0.3, -0.25) is 14.5 Å². The Morgan fingerprint density at radius 1 is 1.21 bits per heavy atom. The van der Waals surface area contributed by atoms with Gasteiger partial charge < -0.3 is 14.8 Å². The molecule has 0 saturated heterocycles. The van der Waals surface area contributed by atoms with E-state index in [1.54, 1.807) is 36.4 Å². The molecule has 0 radical (unpaired) electrons. The molecule has 0 aliphatic carbocycles. The van der Waals surface area contributed by atoms with Gasteiger partial charge in [0.1, 0.15) is 11.9 Å². The van der Waals surface area contributed by atoms with Gasteiger partial charge >= 0.3 is 0 Å². The van der Waals surface area contributed by atoms with E-state index in [9.17, 15) is 13.2 Å². The van der Waals surface area contributed by atoms with Crippen LogP contribution in [0.3, 0.4) is 0 Å². The van der Waals surface area contributed by atoms with E-state index in [1.807, 2.05) is 13.8 Å². The molecule has 0 bridgehead atoms. The first-order chi connectivity index (χ1) is 13.9. The molecular formula is C20H21N3O5S. The lowest BCUT2D eigenvalue weighted by Crippen LogP contribution is -2.34. The van der Waals surface area contributed by atoms with Crippen LogP contribution in [0.2, 0.25) is 0 Å². The lowest BCUT2D eigenvalue weighted by Gasteiger charge is -2.19. The molecule has 1 amide bonds. The fraction of sp³-hybridized carbons (Fsp3) is 0.300. The van der Waals surface area contributed by atoms with Crippen LogP contribution < -0.4 is 19.5 Å². The van der Waals surface area contributed by atoms with E-state index in [1.165, 1.54) is 6.07 Å². The van der Waals surface area contributed by atoms with Crippen LogP contribution in [0.5, 0.6) is 11.5 Å². The van der Waals surface area contributed by atoms with Crippen LogP contribution >= 0.6 is 0 Å². The second kappa shape index (κ2) is 7.40. The van der Waals surface area contributed by atoms with Crippen molar-refractivity contribution in [1.29, 1.82) is 0 Å². The summed E-state index contributed by atoms with van der Waals surface area (Å²) in [5.41, 5.74) is 1.02. The van der Waals surface area contributed by atoms with Crippen molar-refractivity contribution in [3.05, 3.63) is 48.0 Å². The molecule has 2 aromatic carbocycles. The molecule has 0 unspecified atom stereocenters. The van der Waals surface area contributed by atoms with Crippen LogP contribution in [0.1, 0.15) is 25.8 Å². The van der Waals surface area contributed by atoms with Crippen molar-refractivity contribution in [1.82, 2.24) is 4.72 Å². The Bertz CT molecular complexity index is 1100. The minimum absolute atomic E-state index is 0.103. The number of nitrogens with one attached hydrogen (secondary N) is 2. The second-order valence-corrected chi connectivity index (χ2v) is 8.62. The summed E-state index contributed by atoms with van der Waals surface area (Å²) >= 11 is 0. The zero-order valence-corrected chi connectivity index (χ0v) is 16.8. The molecule has 2 aromatic rings. The highest BCUT2D eigenvalue weighted by molar-refractivity contribution is 7.90. The molecule has 0 fully saturated rings. The van der Waals surface area contributed by atoms with E-state index >= 15 is 0 Å². The smallest absolute Gasteiger partial charge is 0.263 e. The first-order valence-corrected chi connectivity index (χ1v) is 10.8. The predicted octanol–water partition coefficient (Wildman–Crippen LogP) is 2.51. The number of nitrogens with zero attached hydrogens (tertiary/aromatic N) is 1. The molecule has 4 rings (SSSR count). The number of sulfonamides is 1. The van der Waals surface area contributed by atoms with Crippen molar-refractivity contribution in [2.45, 2.75) is 31.2 Å². The van der Waals surface area contributed by atoms with Crippen LogP contribution in [0.15, 0.2) is 52.4 Å². The molecule has 29 heavy (non-hydrogen) atoms. The summed E-state index contributed by atoms with van der Waals surface area (Å²) in [6.07, 6.45) is 0.699. The Morgan fingerprint density at radius 2 is 1.97 bits per heavy atom. The maximum atomic E-state index is 13.0. The third-order valence-electron chi connectivity index (χ3n) is 5.02. The molecule has 152 valence electrons. The minimum Gasteiger partial charge on any atom is -0.454 e. The van der Waals surface area contributed by atoms with Crippen LogP contribution in [-0.2, 0) is 14.8 Å². The average molecular weight is 415 g/mol. The van der Waals surface area contributed by atoms with Crippen molar-refractivity contribution in [3.8, 4) is 11.5 Å². The zero-order chi connectivity index (χ0) is 20.6. The van der Waals surface area contributed by atoms with E-state index in [-0.39, 0.29) is 29.3 Å². The van der Waals surface area contributed by atoms with Gasteiger partial charge in [0.25, 0.3) is 10.0 Å². The van der Waals surface area contributed by atoms with Gasteiger partial charge in [0, 0.05) is 17.3 Å². The maximum absolute atomic E-state index is 13.0. The van der Waals surface area contributed by atoms with Crippen molar-refractivity contribution in [2.75, 3.05) is 12.1 Å². The summed E-state index contributed by atoms with van der Waals surface area (Å²) in [6.45, 7) is 4.01. The fourth-order valence-electron chi connectivity index (χ4n) is 3.23. The van der Waals surface area contributed by atoms with Crippen molar-refractivity contribution in [3.63, 3.8) is 0 Å². The summed E-state index contributed by atoms with van der Waals surface area (Å²) in [5.74, 6) is 0.945. The highest BCUT2D eigenvalue weighted by atomic mass is 32.2. The van der Waals surface area contributed by atoms with E-state index in [0.717, 1.165) is 0 Å². The molecular weight excluding hydrogens is 394 g/mol. The van der Waals surface area contributed by atoms with Gasteiger partial charge in [-0.05, 0) is 30.2 Å². The molecule has 2 aliphatic rings. The van der Waals surface area contributed by atoms with Gasteiger partial charge in [0.2, 0.25) is 12.7 Å². The topological polar surface area (TPSA) is 106 Å². The summed E-state index contributed by atoms with van der Waals surface area (Å²) in [5, 5.41) is 2.85. The average Bonchev–Trinajstić information content (AvgIpc) is 3.27. The first kappa shape index (κ1) is 19.3. The van der Waals surface area contributed by atoms with E-state index < -0.39 is 16.1 Å². The van der Waals surface area contributed by atoms with E-state index in [4.69, 9.17) is 9.47 Å². The van der Waals surface area contributed by atoms with Crippen LogP contribution in [0.25, 0.3) is 0 Å². The molecule has 2 heterocycles. The first-order valence-electron chi connectivity index (χ1n) is 9.29. The molecule has 0 saturated carbocycles. The molecule has 2 aliphatic heterocycles. The van der Waals surface area contributed by atoms with Gasteiger partial charge in [0.15, 0.2) is 11.5 Å². The maximum Gasteiger partial charge on any atom is 0.263 e. The summed E-state index contributed by atoms with van der Waals surface area (Å²) in [7, 11) is -3.67. The van der Waals surface area contributed by atoms with Crippen LogP contribution in [0.4, 0.5) is 5.69 Å². The Balaban J connectivity index is 1.63. The van der Waals surface area contributed by atoms with Gasteiger partial charge in [0.05, 0.1) is 4.90 Å². The number of rotatable bonds is 5. The zero-order valence-electron chi connectivity index (χ0n) is 16.0. The summed E-state index contributed by atoms with van der Waals surface area (Å²) in [4.78, 5) is 17.7. The number of anilines is 1. The molecule has 2 atom stereocenters. The van der Waals surface area contributed by atoms with Crippen molar-refractivity contribution in [2.24, 2.45) is 10.9 Å². The number of fused-ring (bicyclic) bond motifs is 2. The Morgan fingerprint density at radius 3 is 2.76 bits per heavy atom. The number of amidine groups is 1. The summed E-state index contributed by atoms with van der Waals surface area (Å²) in [6, 6.07) is 11.0. The molecule has 8 nitrogen and oxygen atoms in total. The largest absolute Gasteiger partial charge is 0.454 e. The second-order valence-electron chi connectivity index (χ2n) is 6.97. The number of carbonyl (C=O) groups is 1. The van der Waals surface area contributed by atoms with Crippen molar-refractivity contribution >= 4 is 27.5 Å². The quantitative estimate of drug-likeness (QED) is 0.781. The van der Waals surface area contributed by atoms with Gasteiger partial charge in [-0.25, -0.2) is 8.42 Å². The Kier molecular flexibility index (Phi) is 4.91. The van der Waals surface area contributed by atoms with Gasteiger partial charge in [-0.2, -0.15) is 0 Å². The third-order valence-corrected chi connectivity index (χ3v) is 6.42. The van der Waals surface area contributed by atoms with Crippen molar-refractivity contribution < 1.29 is 22.7 Å². The van der Waals surface area contributed by atoms with E-state index in [2.05, 4.69) is 15.0 Å². The highest BCUT2D eigenvalue weighted by Crippen LogP contribution is 2.34. The third kappa shape index (κ3) is 3.65. The van der Waals surface area contributed by atoms with Gasteiger partial charge in [-0.15, -0.1) is 0 Å². The number of amides is 1. The van der Waals surface area contributed by atoms with Gasteiger partial charge in [-0.1, -0.05) is 32.4 Å². The van der Waals surface area contributed by atoms with E-state index in [0.29, 0.717) is 29.2 Å². The lowest BCUT2D eigenvalue weighted by molar-refractivity contribution is -0.118. The van der Waals surface area contributed by atoms with Crippen LogP contribution in [0, 0.1) is 5.92 Å². The highest BCUT2D eigenvalue weighted by Gasteiger charge is 2.33. The normalized spacial score (nSPS) is 19.3. The number of hydrogen-bond donors (Lipinski definition) is 2. The Labute approximate surface area is 169 Å². The standard InChI is InChI=1S/C20H21N3O5S/c1-3-12(2)18(20(24)21-13-8-9-15-16(10-13)28-11-27-15)22-19-14-6-4-5-7-17(14)29(25,26)23-19/h4-10,12,18H,3,11H2,1-2H3,(H,21,24)(H,22,23)/t12-,18-/m0/s1. The molecule has 9 heteroatoms. The number of carbonyl (C=O) groups excluding carboxylic acids is 1. The minimum atomic E-state index is -3.67. The number of aliphatic imine (C=N–C) groups is 1. The van der Waals surface area contributed by atoms with Crippen LogP contribution in [-0.4, -0.2) is 33.0 Å². The molecule has 0 spiro atoms. The number of hydrogen-bond acceptors (Lipinski definition) is 6. The monoisotopic (exact) mass is 415 g/mol. The Hall–Kier alpha value is -3.07. The predicted molar refractivity (Wildman–Crippen MR) is 108 cm³/mol. The molecule has 2 N–H and O–H groups in total. The fourth-order valence-corrected chi connectivity index (χ4v) is 4.47. The molecule has 0 aromatic heterocycles. The number of ether oxygens (including phenoxy) is 2. The summed E-state index contributed by atoms with van der Waals surface area (Å²) < 4.78 is 37.8. The lowest BCUT2D eigenvalue weighted by atomic mass is 9.98. The SMILES string of the molecule is CC[C@H](C)[C@H](N=C1NS(=O)(=O)c2ccccc21)C(=O)Nc1ccc2c(c1)OCO2. The number of benzene rings is 2.